The number of hydrogen-bond acceptors (Lipinski definition) is 3. The van der Waals surface area contributed by atoms with Gasteiger partial charge in [-0.2, -0.15) is 11.8 Å². The number of aromatic nitrogens is 1. The van der Waals surface area contributed by atoms with Gasteiger partial charge in [0.25, 0.3) is 0 Å². The monoisotopic (exact) mass is 241 g/mol. The van der Waals surface area contributed by atoms with Gasteiger partial charge in [-0.15, -0.1) is 0 Å². The van der Waals surface area contributed by atoms with Crippen molar-refractivity contribution in [2.75, 3.05) is 11.5 Å². The maximum Gasteiger partial charge on any atom is 0.341 e. The molecule has 0 fully saturated rings. The van der Waals surface area contributed by atoms with E-state index in [1.165, 1.54) is 12.3 Å². The van der Waals surface area contributed by atoms with Gasteiger partial charge in [-0.1, -0.05) is 6.92 Å². The number of aryl methyl sites for hydroxylation is 2. The number of nitrogens with zero attached hydrogens (tertiary/aromatic N) is 1. The predicted molar refractivity (Wildman–Crippen MR) is 65.4 cm³/mol. The molecule has 16 heavy (non-hydrogen) atoms. The van der Waals surface area contributed by atoms with Crippen molar-refractivity contribution in [1.29, 1.82) is 0 Å². The first-order valence-electron chi connectivity index (χ1n) is 5.08. The number of rotatable bonds is 5. The van der Waals surface area contributed by atoms with Crippen molar-refractivity contribution in [3.63, 3.8) is 0 Å². The Kier molecular flexibility index (Phi) is 4.61. The lowest BCUT2D eigenvalue weighted by Crippen LogP contribution is -2.19. The minimum atomic E-state index is -1.16. The Morgan fingerprint density at radius 2 is 2.25 bits per heavy atom. The summed E-state index contributed by atoms with van der Waals surface area (Å²) in [6, 6.07) is 1.38. The van der Waals surface area contributed by atoms with Crippen LogP contribution in [0.5, 0.6) is 0 Å². The molecular formula is C11H15NO3S. The van der Waals surface area contributed by atoms with Gasteiger partial charge in [-0.05, 0) is 12.7 Å². The zero-order valence-corrected chi connectivity index (χ0v) is 10.2. The second-order valence-electron chi connectivity index (χ2n) is 3.39. The molecule has 0 atom stereocenters. The van der Waals surface area contributed by atoms with Gasteiger partial charge >= 0.3 is 5.97 Å². The maximum absolute atomic E-state index is 11.4. The summed E-state index contributed by atoms with van der Waals surface area (Å²) in [6.45, 7) is 4.61. The second kappa shape index (κ2) is 5.75. The largest absolute Gasteiger partial charge is 0.477 e. The Hall–Kier alpha value is -1.23. The van der Waals surface area contributed by atoms with Crippen LogP contribution in [0.3, 0.4) is 0 Å². The van der Waals surface area contributed by atoms with E-state index in [4.69, 9.17) is 5.11 Å². The fourth-order valence-electron chi connectivity index (χ4n) is 1.38. The highest BCUT2D eigenvalue weighted by Gasteiger charge is 2.10. The molecule has 0 aromatic carbocycles. The number of pyridine rings is 1. The van der Waals surface area contributed by atoms with Gasteiger partial charge in [-0.3, -0.25) is 4.79 Å². The van der Waals surface area contributed by atoms with Crippen molar-refractivity contribution >= 4 is 17.7 Å². The Bertz CT molecular complexity index is 439. The zero-order chi connectivity index (χ0) is 12.1. The van der Waals surface area contributed by atoms with E-state index in [9.17, 15) is 9.59 Å². The Morgan fingerprint density at radius 3 is 2.81 bits per heavy atom. The van der Waals surface area contributed by atoms with Crippen LogP contribution in [0.2, 0.25) is 0 Å². The van der Waals surface area contributed by atoms with Crippen molar-refractivity contribution in [3.8, 4) is 0 Å². The van der Waals surface area contributed by atoms with E-state index in [2.05, 4.69) is 6.92 Å². The van der Waals surface area contributed by atoms with E-state index in [1.807, 2.05) is 11.5 Å². The molecule has 1 heterocycles. The Morgan fingerprint density at radius 1 is 1.56 bits per heavy atom. The van der Waals surface area contributed by atoms with Crippen LogP contribution in [0.15, 0.2) is 17.1 Å². The van der Waals surface area contributed by atoms with Crippen LogP contribution in [0.25, 0.3) is 0 Å². The topological polar surface area (TPSA) is 59.3 Å². The molecule has 1 aromatic heterocycles. The normalized spacial score (nSPS) is 10.4. The van der Waals surface area contributed by atoms with Crippen molar-refractivity contribution in [3.05, 3.63) is 33.7 Å². The van der Waals surface area contributed by atoms with Crippen LogP contribution in [0, 0.1) is 6.92 Å². The van der Waals surface area contributed by atoms with E-state index < -0.39 is 11.4 Å². The van der Waals surface area contributed by atoms with Crippen LogP contribution in [-0.4, -0.2) is 27.1 Å². The third-order valence-corrected chi connectivity index (χ3v) is 3.13. The lowest BCUT2D eigenvalue weighted by Gasteiger charge is -2.10. The Balaban J connectivity index is 2.96. The molecule has 0 radical (unpaired) electrons. The van der Waals surface area contributed by atoms with Crippen LogP contribution < -0.4 is 5.43 Å². The molecule has 0 saturated carbocycles. The van der Waals surface area contributed by atoms with Crippen LogP contribution in [0.1, 0.15) is 23.0 Å². The number of carboxylic acid groups (broad SMARTS) is 1. The first-order chi connectivity index (χ1) is 7.56. The number of hydrogen-bond donors (Lipinski definition) is 1. The molecule has 0 aliphatic heterocycles. The molecule has 5 heteroatoms. The average Bonchev–Trinajstić information content (AvgIpc) is 2.21. The van der Waals surface area contributed by atoms with E-state index in [0.29, 0.717) is 0 Å². The van der Waals surface area contributed by atoms with Crippen LogP contribution >= 0.6 is 11.8 Å². The summed E-state index contributed by atoms with van der Waals surface area (Å²) >= 11 is 1.78. The third-order valence-electron chi connectivity index (χ3n) is 2.25. The van der Waals surface area contributed by atoms with Crippen molar-refractivity contribution in [2.45, 2.75) is 20.4 Å². The summed E-state index contributed by atoms with van der Waals surface area (Å²) < 4.78 is 1.81. The fourth-order valence-corrected chi connectivity index (χ4v) is 1.99. The summed E-state index contributed by atoms with van der Waals surface area (Å²) in [5.74, 6) is 0.784. The minimum Gasteiger partial charge on any atom is -0.477 e. The van der Waals surface area contributed by atoms with Gasteiger partial charge in [-0.25, -0.2) is 4.79 Å². The standard InChI is InChI=1S/C11H15NO3S/c1-3-16-5-4-12-7-9(11(14)15)10(13)6-8(12)2/h6-7H,3-5H2,1-2H3,(H,14,15). The van der Waals surface area contributed by atoms with Gasteiger partial charge < -0.3 is 9.67 Å². The molecule has 88 valence electrons. The van der Waals surface area contributed by atoms with Crippen LogP contribution in [0.4, 0.5) is 0 Å². The highest BCUT2D eigenvalue weighted by atomic mass is 32.2. The van der Waals surface area contributed by atoms with E-state index in [0.717, 1.165) is 23.7 Å². The van der Waals surface area contributed by atoms with Gasteiger partial charge in [0.2, 0.25) is 0 Å². The lowest BCUT2D eigenvalue weighted by atomic mass is 10.2. The first-order valence-corrected chi connectivity index (χ1v) is 6.24. The molecule has 4 nitrogen and oxygen atoms in total. The number of carboxylic acids is 1. The molecule has 0 amide bonds. The van der Waals surface area contributed by atoms with Gasteiger partial charge in [0.1, 0.15) is 5.56 Å². The molecule has 0 spiro atoms. The SMILES string of the molecule is CCSCCn1cc(C(=O)O)c(=O)cc1C. The first kappa shape index (κ1) is 12.8. The quantitative estimate of drug-likeness (QED) is 0.796. The summed E-state index contributed by atoms with van der Waals surface area (Å²) in [6.07, 6.45) is 1.43. The van der Waals surface area contributed by atoms with Gasteiger partial charge in [0, 0.05) is 30.3 Å². The zero-order valence-electron chi connectivity index (χ0n) is 9.40. The summed E-state index contributed by atoms with van der Waals surface area (Å²) in [5, 5.41) is 8.83. The predicted octanol–water partition coefficient (Wildman–Crippen LogP) is 1.61. The third kappa shape index (κ3) is 3.13. The van der Waals surface area contributed by atoms with Crippen molar-refractivity contribution < 1.29 is 9.90 Å². The number of carbonyl (C=O) groups is 1. The molecule has 0 saturated heterocycles. The van der Waals surface area contributed by atoms with Crippen molar-refractivity contribution in [1.82, 2.24) is 4.57 Å². The smallest absolute Gasteiger partial charge is 0.341 e. The summed E-state index contributed by atoms with van der Waals surface area (Å²) in [4.78, 5) is 22.2. The van der Waals surface area contributed by atoms with Crippen LogP contribution in [-0.2, 0) is 6.54 Å². The average molecular weight is 241 g/mol. The summed E-state index contributed by atoms with van der Waals surface area (Å²) in [5.41, 5.74) is 0.211. The fraction of sp³-hybridized carbons (Fsp3) is 0.455. The number of aromatic carboxylic acids is 1. The Labute approximate surface area is 98.3 Å². The molecule has 1 aromatic rings. The van der Waals surface area contributed by atoms with Gasteiger partial charge in [0.15, 0.2) is 5.43 Å². The van der Waals surface area contributed by atoms with E-state index in [-0.39, 0.29) is 5.56 Å². The molecule has 0 aliphatic carbocycles. The number of thioether (sulfide) groups is 1. The highest BCUT2D eigenvalue weighted by molar-refractivity contribution is 7.99. The molecule has 1 rings (SSSR count). The van der Waals surface area contributed by atoms with Gasteiger partial charge in [0.05, 0.1) is 0 Å². The summed E-state index contributed by atoms with van der Waals surface area (Å²) in [7, 11) is 0. The molecule has 0 unspecified atom stereocenters. The molecule has 0 bridgehead atoms. The lowest BCUT2D eigenvalue weighted by molar-refractivity contribution is 0.0694. The second-order valence-corrected chi connectivity index (χ2v) is 4.78. The van der Waals surface area contributed by atoms with E-state index in [1.54, 1.807) is 11.8 Å². The van der Waals surface area contributed by atoms with Crippen molar-refractivity contribution in [2.24, 2.45) is 0 Å². The molecule has 0 aliphatic rings. The maximum atomic E-state index is 11.4. The minimum absolute atomic E-state index is 0.160. The molecular weight excluding hydrogens is 226 g/mol. The highest BCUT2D eigenvalue weighted by Crippen LogP contribution is 2.04. The molecule has 1 N–H and O–H groups in total. The van der Waals surface area contributed by atoms with E-state index >= 15 is 0 Å².